The summed E-state index contributed by atoms with van der Waals surface area (Å²) in [7, 11) is 3.91. The molecular weight excluding hydrogens is 383 g/mol. The summed E-state index contributed by atoms with van der Waals surface area (Å²) < 4.78 is 0. The second kappa shape index (κ2) is 9.88. The first-order valence-electron chi connectivity index (χ1n) is 8.83. The van der Waals surface area contributed by atoms with Crippen LogP contribution in [0.1, 0.15) is 39.6 Å². The van der Waals surface area contributed by atoms with Gasteiger partial charge in [-0.05, 0) is 50.3 Å². The maximum absolute atomic E-state index is 12.3. The number of likely N-dealkylation sites (N-methyl/N-ethyl adjacent to an activating group) is 1. The third kappa shape index (κ3) is 6.06. The lowest BCUT2D eigenvalue weighted by Gasteiger charge is -2.25. The molecule has 1 atom stereocenters. The van der Waals surface area contributed by atoms with Crippen LogP contribution in [-0.4, -0.2) is 43.3 Å². The van der Waals surface area contributed by atoms with Crippen LogP contribution in [0.4, 0.5) is 0 Å². The van der Waals surface area contributed by atoms with Gasteiger partial charge in [-0.25, -0.2) is 0 Å². The highest BCUT2D eigenvalue weighted by molar-refractivity contribution is 6.31. The predicted octanol–water partition coefficient (Wildman–Crippen LogP) is 4.49. The van der Waals surface area contributed by atoms with Crippen molar-refractivity contribution >= 4 is 34.9 Å². The van der Waals surface area contributed by atoms with E-state index in [4.69, 9.17) is 23.2 Å². The van der Waals surface area contributed by atoms with Crippen molar-refractivity contribution < 1.29 is 9.59 Å². The number of nitrogens with zero attached hydrogens (tertiary/aromatic N) is 1. The number of carbonyl (C=O) groups is 2. The van der Waals surface area contributed by atoms with Crippen molar-refractivity contribution in [2.75, 3.05) is 20.6 Å². The van der Waals surface area contributed by atoms with E-state index in [0.717, 1.165) is 5.56 Å². The first-order valence-corrected chi connectivity index (χ1v) is 9.59. The SMILES string of the molecule is CCC(=O)c1ccc(C[C@@H](CNC(=O)c2cccc(Cl)c2)N(C)C)c(Cl)c1. The molecule has 0 aliphatic rings. The first kappa shape index (κ1) is 21.4. The van der Waals surface area contributed by atoms with Crippen LogP contribution in [0.2, 0.25) is 10.0 Å². The van der Waals surface area contributed by atoms with Gasteiger partial charge in [0.2, 0.25) is 0 Å². The number of amides is 1. The zero-order valence-electron chi connectivity index (χ0n) is 15.8. The minimum Gasteiger partial charge on any atom is -0.350 e. The molecule has 0 aliphatic carbocycles. The topological polar surface area (TPSA) is 49.4 Å². The third-order valence-electron chi connectivity index (χ3n) is 4.47. The molecule has 0 aromatic heterocycles. The Morgan fingerprint density at radius 3 is 2.41 bits per heavy atom. The van der Waals surface area contributed by atoms with E-state index in [-0.39, 0.29) is 17.7 Å². The van der Waals surface area contributed by atoms with Gasteiger partial charge < -0.3 is 10.2 Å². The number of rotatable bonds is 8. The van der Waals surface area contributed by atoms with Crippen LogP contribution in [-0.2, 0) is 6.42 Å². The van der Waals surface area contributed by atoms with Gasteiger partial charge in [0.25, 0.3) is 5.91 Å². The Bertz CT molecular complexity index is 822. The molecule has 27 heavy (non-hydrogen) atoms. The van der Waals surface area contributed by atoms with E-state index in [1.807, 2.05) is 38.1 Å². The number of nitrogens with one attached hydrogen (secondary N) is 1. The van der Waals surface area contributed by atoms with E-state index in [1.54, 1.807) is 30.3 Å². The van der Waals surface area contributed by atoms with Gasteiger partial charge in [0, 0.05) is 40.2 Å². The van der Waals surface area contributed by atoms with Crippen molar-refractivity contribution in [2.24, 2.45) is 0 Å². The van der Waals surface area contributed by atoms with Crippen LogP contribution in [0.25, 0.3) is 0 Å². The zero-order valence-corrected chi connectivity index (χ0v) is 17.3. The molecule has 0 unspecified atom stereocenters. The Hall–Kier alpha value is -1.88. The maximum Gasteiger partial charge on any atom is 0.251 e. The van der Waals surface area contributed by atoms with Gasteiger partial charge in [-0.15, -0.1) is 0 Å². The molecule has 0 saturated carbocycles. The highest BCUT2D eigenvalue weighted by atomic mass is 35.5. The molecule has 0 spiro atoms. The summed E-state index contributed by atoms with van der Waals surface area (Å²) in [5, 5.41) is 4.05. The number of hydrogen-bond acceptors (Lipinski definition) is 3. The van der Waals surface area contributed by atoms with Gasteiger partial charge in [-0.1, -0.05) is 48.3 Å². The molecule has 0 aliphatic heterocycles. The lowest BCUT2D eigenvalue weighted by molar-refractivity contribution is 0.0940. The number of ketones is 1. The fourth-order valence-electron chi connectivity index (χ4n) is 2.72. The Morgan fingerprint density at radius 2 is 1.81 bits per heavy atom. The fraction of sp³-hybridized carbons (Fsp3) is 0.333. The highest BCUT2D eigenvalue weighted by Crippen LogP contribution is 2.21. The molecule has 2 aromatic carbocycles. The monoisotopic (exact) mass is 406 g/mol. The predicted molar refractivity (Wildman–Crippen MR) is 111 cm³/mol. The number of carbonyl (C=O) groups excluding carboxylic acids is 2. The standard InChI is InChI=1S/C21H24Cl2N2O2/c1-4-20(26)15-9-8-14(19(23)12-15)11-18(25(2)3)13-24-21(27)16-6-5-7-17(22)10-16/h5-10,12,18H,4,11,13H2,1-3H3,(H,24,27)/t18-/m0/s1. The molecule has 0 fully saturated rings. The Kier molecular flexibility index (Phi) is 7.84. The van der Waals surface area contributed by atoms with E-state index in [1.165, 1.54) is 0 Å². The molecule has 0 bridgehead atoms. The Labute approximate surface area is 170 Å². The first-order chi connectivity index (χ1) is 12.8. The van der Waals surface area contributed by atoms with Crippen LogP contribution in [0.15, 0.2) is 42.5 Å². The average molecular weight is 407 g/mol. The normalized spacial score (nSPS) is 12.1. The van der Waals surface area contributed by atoms with Crippen LogP contribution in [0, 0.1) is 0 Å². The van der Waals surface area contributed by atoms with Gasteiger partial charge in [0.05, 0.1) is 0 Å². The van der Waals surface area contributed by atoms with Crippen molar-refractivity contribution in [1.29, 1.82) is 0 Å². The number of Topliss-reactive ketones (excluding diaryl/α,β-unsaturated/α-hetero) is 1. The summed E-state index contributed by atoms with van der Waals surface area (Å²) in [6.45, 7) is 2.29. The van der Waals surface area contributed by atoms with Crippen molar-refractivity contribution in [3.63, 3.8) is 0 Å². The fourth-order valence-corrected chi connectivity index (χ4v) is 3.17. The van der Waals surface area contributed by atoms with Gasteiger partial charge in [-0.2, -0.15) is 0 Å². The number of halogens is 2. The molecule has 0 heterocycles. The van der Waals surface area contributed by atoms with Gasteiger partial charge >= 0.3 is 0 Å². The lowest BCUT2D eigenvalue weighted by atomic mass is 10.0. The zero-order chi connectivity index (χ0) is 20.0. The van der Waals surface area contributed by atoms with E-state index in [9.17, 15) is 9.59 Å². The van der Waals surface area contributed by atoms with E-state index in [0.29, 0.717) is 40.6 Å². The molecule has 0 saturated heterocycles. The average Bonchev–Trinajstić information content (AvgIpc) is 2.64. The molecule has 6 heteroatoms. The van der Waals surface area contributed by atoms with Gasteiger partial charge in [-0.3, -0.25) is 9.59 Å². The highest BCUT2D eigenvalue weighted by Gasteiger charge is 2.17. The van der Waals surface area contributed by atoms with Crippen molar-refractivity contribution in [3.05, 3.63) is 69.2 Å². The van der Waals surface area contributed by atoms with E-state index in [2.05, 4.69) is 5.32 Å². The molecule has 2 rings (SSSR count). The minimum absolute atomic E-state index is 0.0540. The molecule has 1 amide bonds. The molecule has 2 aromatic rings. The minimum atomic E-state index is -0.167. The third-order valence-corrected chi connectivity index (χ3v) is 5.05. The summed E-state index contributed by atoms with van der Waals surface area (Å²) in [4.78, 5) is 26.2. The van der Waals surface area contributed by atoms with E-state index < -0.39 is 0 Å². The Morgan fingerprint density at radius 1 is 1.07 bits per heavy atom. The summed E-state index contributed by atoms with van der Waals surface area (Å²) in [5.74, 6) is -0.0965. The van der Waals surface area contributed by atoms with Crippen LogP contribution in [0.3, 0.4) is 0 Å². The van der Waals surface area contributed by atoms with Crippen molar-refractivity contribution in [1.82, 2.24) is 10.2 Å². The van der Waals surface area contributed by atoms with Crippen molar-refractivity contribution in [2.45, 2.75) is 25.8 Å². The Balaban J connectivity index is 2.05. The summed E-state index contributed by atoms with van der Waals surface area (Å²) >= 11 is 12.3. The molecule has 0 radical (unpaired) electrons. The second-order valence-corrected chi connectivity index (χ2v) is 7.47. The summed E-state index contributed by atoms with van der Waals surface area (Å²) in [5.41, 5.74) is 2.10. The largest absolute Gasteiger partial charge is 0.350 e. The molecular formula is C21H24Cl2N2O2. The van der Waals surface area contributed by atoms with E-state index >= 15 is 0 Å². The number of hydrogen-bond donors (Lipinski definition) is 1. The summed E-state index contributed by atoms with van der Waals surface area (Å²) in [6, 6.07) is 12.3. The van der Waals surface area contributed by atoms with Crippen molar-refractivity contribution in [3.8, 4) is 0 Å². The smallest absolute Gasteiger partial charge is 0.251 e. The molecule has 144 valence electrons. The molecule has 4 nitrogen and oxygen atoms in total. The second-order valence-electron chi connectivity index (χ2n) is 6.62. The van der Waals surface area contributed by atoms with Crippen LogP contribution in [0.5, 0.6) is 0 Å². The van der Waals surface area contributed by atoms with Crippen LogP contribution >= 0.6 is 23.2 Å². The van der Waals surface area contributed by atoms with Crippen LogP contribution < -0.4 is 5.32 Å². The summed E-state index contributed by atoms with van der Waals surface area (Å²) in [6.07, 6.45) is 1.10. The molecule has 1 N–H and O–H groups in total. The number of benzene rings is 2. The lowest BCUT2D eigenvalue weighted by Crippen LogP contribution is -2.41. The quantitative estimate of drug-likeness (QED) is 0.656. The van der Waals surface area contributed by atoms with Gasteiger partial charge in [0.1, 0.15) is 0 Å². The maximum atomic E-state index is 12.3. The van der Waals surface area contributed by atoms with Gasteiger partial charge in [0.15, 0.2) is 5.78 Å².